The number of esters is 2. The van der Waals surface area contributed by atoms with Gasteiger partial charge < -0.3 is 29.9 Å². The Hall–Kier alpha value is -2.46. The minimum atomic E-state index is -4.88. The van der Waals surface area contributed by atoms with Gasteiger partial charge in [-0.3, -0.25) is 23.2 Å². The number of unbranched alkanes of at least 4 members (excludes halogenated alkanes) is 20. The van der Waals surface area contributed by atoms with Crippen LogP contribution in [0.25, 0.3) is 11.2 Å². The summed E-state index contributed by atoms with van der Waals surface area (Å²) in [5, 5.41) is 10.4. The van der Waals surface area contributed by atoms with E-state index in [-0.39, 0.29) is 41.7 Å². The van der Waals surface area contributed by atoms with Crippen molar-refractivity contribution in [2.45, 2.75) is 199 Å². The van der Waals surface area contributed by atoms with Crippen LogP contribution in [0.5, 0.6) is 0 Å². The molecule has 0 aromatic carbocycles. The second-order valence-electron chi connectivity index (χ2n) is 15.6. The minimum Gasteiger partial charge on any atom is -0.462 e. The number of carbonyl (C=O) groups excluding carboxylic acids is 2. The summed E-state index contributed by atoms with van der Waals surface area (Å²) in [5.41, 5.74) is 6.04. The number of phosphoric ester groups is 1. The number of rotatable bonds is 34. The molecule has 338 valence electrons. The van der Waals surface area contributed by atoms with Crippen LogP contribution in [0.3, 0.4) is 0 Å². The van der Waals surface area contributed by atoms with E-state index in [1.165, 1.54) is 101 Å². The van der Waals surface area contributed by atoms with Gasteiger partial charge in [-0.15, -0.1) is 0 Å². The third-order valence-electron chi connectivity index (χ3n) is 10.5. The molecule has 1 saturated heterocycles. The lowest BCUT2D eigenvalue weighted by atomic mass is 10.1. The highest BCUT2D eigenvalue weighted by atomic mass is 35.5. The molecule has 1 aliphatic heterocycles. The number of ether oxygens (including phenoxy) is 3. The molecule has 2 unspecified atom stereocenters. The SMILES string of the molecule is CCCCCCCCCCCCCC(=O)OCC(COP(=O)(O)OC[C@H]1O[C@@H](n2cnc3c(N)nc(Cl)nc32)[C@@H](F)[C@@H]1O)OC(=O)CCCCCCCCCCCCC. The summed E-state index contributed by atoms with van der Waals surface area (Å²) in [6.07, 6.45) is 18.6. The van der Waals surface area contributed by atoms with E-state index < -0.39 is 63.7 Å². The number of fused-ring (bicyclic) bond motifs is 1. The summed E-state index contributed by atoms with van der Waals surface area (Å²) in [6, 6.07) is 0. The number of anilines is 1. The third kappa shape index (κ3) is 19.9. The van der Waals surface area contributed by atoms with Gasteiger partial charge in [-0.2, -0.15) is 9.97 Å². The van der Waals surface area contributed by atoms with E-state index in [0.29, 0.717) is 12.8 Å². The fourth-order valence-electron chi connectivity index (χ4n) is 7.03. The second-order valence-corrected chi connectivity index (χ2v) is 17.4. The lowest BCUT2D eigenvalue weighted by molar-refractivity contribution is -0.161. The molecule has 0 radical (unpaired) electrons. The van der Waals surface area contributed by atoms with Gasteiger partial charge >= 0.3 is 19.8 Å². The summed E-state index contributed by atoms with van der Waals surface area (Å²) in [7, 11) is -4.88. The van der Waals surface area contributed by atoms with Gasteiger partial charge in [0.1, 0.15) is 24.3 Å². The van der Waals surface area contributed by atoms with Crippen molar-refractivity contribution in [2.24, 2.45) is 0 Å². The highest BCUT2D eigenvalue weighted by Gasteiger charge is 2.47. The van der Waals surface area contributed by atoms with Crippen LogP contribution in [-0.4, -0.2) is 85.8 Å². The smallest absolute Gasteiger partial charge is 0.462 e. The molecule has 1 fully saturated rings. The minimum absolute atomic E-state index is 0.0388. The first-order valence-electron chi connectivity index (χ1n) is 22.1. The van der Waals surface area contributed by atoms with Gasteiger partial charge in [0, 0.05) is 12.8 Å². The Morgan fingerprint density at radius 1 is 0.831 bits per heavy atom. The molecular weight excluding hydrogens is 808 g/mol. The average molecular weight is 878 g/mol. The number of carbonyl (C=O) groups is 2. The van der Waals surface area contributed by atoms with Crippen LogP contribution in [0.2, 0.25) is 5.28 Å². The Kier molecular flexibility index (Phi) is 25.0. The van der Waals surface area contributed by atoms with E-state index in [9.17, 15) is 24.2 Å². The number of imidazole rings is 1. The predicted molar refractivity (Wildman–Crippen MR) is 224 cm³/mol. The summed E-state index contributed by atoms with van der Waals surface area (Å²) >= 11 is 5.91. The van der Waals surface area contributed by atoms with Crippen molar-refractivity contribution in [2.75, 3.05) is 25.6 Å². The Morgan fingerprint density at radius 2 is 1.34 bits per heavy atom. The first-order chi connectivity index (χ1) is 28.5. The zero-order valence-corrected chi connectivity index (χ0v) is 36.9. The highest BCUT2D eigenvalue weighted by Crippen LogP contribution is 2.45. The van der Waals surface area contributed by atoms with Crippen molar-refractivity contribution in [3.8, 4) is 0 Å². The maximum atomic E-state index is 15.3. The van der Waals surface area contributed by atoms with Crippen LogP contribution >= 0.6 is 19.4 Å². The predicted octanol–water partition coefficient (Wildman–Crippen LogP) is 9.65. The lowest BCUT2D eigenvalue weighted by Gasteiger charge is -2.21. The largest absolute Gasteiger partial charge is 0.472 e. The van der Waals surface area contributed by atoms with Gasteiger partial charge in [-0.1, -0.05) is 142 Å². The maximum absolute atomic E-state index is 15.3. The summed E-state index contributed by atoms with van der Waals surface area (Å²) in [5.74, 6) is -1.06. The number of nitrogens with zero attached hydrogens (tertiary/aromatic N) is 4. The number of hydrogen-bond donors (Lipinski definition) is 3. The summed E-state index contributed by atoms with van der Waals surface area (Å²) < 4.78 is 56.2. The van der Waals surface area contributed by atoms with E-state index in [1.54, 1.807) is 0 Å². The monoisotopic (exact) mass is 877 g/mol. The highest BCUT2D eigenvalue weighted by molar-refractivity contribution is 7.47. The zero-order valence-electron chi connectivity index (χ0n) is 35.3. The molecule has 4 N–H and O–H groups in total. The quantitative estimate of drug-likeness (QED) is 0.0259. The molecule has 3 heterocycles. The number of hydrogen-bond acceptors (Lipinski definition) is 13. The molecule has 18 heteroatoms. The molecule has 0 saturated carbocycles. The van der Waals surface area contributed by atoms with E-state index in [0.717, 1.165) is 38.5 Å². The van der Waals surface area contributed by atoms with Crippen molar-refractivity contribution in [1.82, 2.24) is 19.5 Å². The molecule has 2 aromatic heterocycles. The number of nitrogens with two attached hydrogens (primary N) is 1. The van der Waals surface area contributed by atoms with Gasteiger partial charge in [-0.25, -0.2) is 13.9 Å². The summed E-state index contributed by atoms with van der Waals surface area (Å²) in [4.78, 5) is 47.8. The number of aliphatic hydroxyl groups excluding tert-OH is 1. The van der Waals surface area contributed by atoms with Crippen LogP contribution in [0.15, 0.2) is 6.33 Å². The second kappa shape index (κ2) is 29.0. The first kappa shape index (κ1) is 50.9. The Balaban J connectivity index is 1.44. The number of alkyl halides is 1. The molecule has 0 aliphatic carbocycles. The van der Waals surface area contributed by atoms with E-state index in [1.807, 2.05) is 0 Å². The van der Waals surface area contributed by atoms with Crippen molar-refractivity contribution in [3.63, 3.8) is 0 Å². The van der Waals surface area contributed by atoms with Crippen molar-refractivity contribution < 1.29 is 51.8 Å². The Morgan fingerprint density at radius 3 is 1.88 bits per heavy atom. The van der Waals surface area contributed by atoms with Gasteiger partial charge in [0.25, 0.3) is 0 Å². The molecule has 59 heavy (non-hydrogen) atoms. The van der Waals surface area contributed by atoms with Gasteiger partial charge in [0.2, 0.25) is 5.28 Å². The topological polar surface area (TPSA) is 207 Å². The van der Waals surface area contributed by atoms with Crippen LogP contribution in [-0.2, 0) is 37.4 Å². The van der Waals surface area contributed by atoms with Crippen molar-refractivity contribution in [1.29, 1.82) is 0 Å². The molecule has 0 spiro atoms. The molecule has 0 amide bonds. The van der Waals surface area contributed by atoms with Crippen LogP contribution in [0.4, 0.5) is 10.2 Å². The maximum Gasteiger partial charge on any atom is 0.472 e. The zero-order chi connectivity index (χ0) is 42.9. The molecule has 3 rings (SSSR count). The summed E-state index contributed by atoms with van der Waals surface area (Å²) in [6.45, 7) is 2.67. The van der Waals surface area contributed by atoms with Crippen molar-refractivity contribution >= 4 is 48.3 Å². The van der Waals surface area contributed by atoms with E-state index in [2.05, 4.69) is 28.8 Å². The van der Waals surface area contributed by atoms with Gasteiger partial charge in [-0.05, 0) is 24.4 Å². The van der Waals surface area contributed by atoms with Crippen LogP contribution in [0.1, 0.15) is 174 Å². The molecule has 2 aromatic rings. The number of phosphoric acid groups is 1. The number of aliphatic hydroxyl groups is 1. The van der Waals surface area contributed by atoms with E-state index in [4.69, 9.17) is 40.6 Å². The Bertz CT molecular complexity index is 1540. The van der Waals surface area contributed by atoms with Gasteiger partial charge in [0.15, 0.2) is 30.0 Å². The molecule has 0 bridgehead atoms. The number of halogens is 2. The first-order valence-corrected chi connectivity index (χ1v) is 23.9. The number of nitrogen functional groups attached to an aromatic ring is 1. The average Bonchev–Trinajstić information content (AvgIpc) is 3.75. The number of aromatic nitrogens is 4. The van der Waals surface area contributed by atoms with Crippen molar-refractivity contribution in [3.05, 3.63) is 11.6 Å². The fraction of sp³-hybridized carbons (Fsp3) is 0.829. The van der Waals surface area contributed by atoms with Crippen LogP contribution in [0, 0.1) is 0 Å². The normalized spacial score (nSPS) is 19.6. The van der Waals surface area contributed by atoms with Gasteiger partial charge in [0.05, 0.1) is 19.5 Å². The molecule has 1 aliphatic rings. The lowest BCUT2D eigenvalue weighted by Crippen LogP contribution is -2.32. The standard InChI is InChI=1S/C41H70ClFN5O10P/c1-3-5-7-9-11-13-15-17-19-21-23-25-33(49)54-27-31(57-34(50)26-24-22-20-18-16-14-12-10-8-6-4-2)28-55-59(52,53)56-29-32-37(51)35(43)40(58-32)48-30-45-36-38(44)46-41(42)47-39(36)48/h30-32,35,37,40,51H,3-29H2,1-2H3,(H,52,53)(H2,44,46,47)/t31?,32-,35+,37-,40-/m1/s1. The van der Waals surface area contributed by atoms with E-state index >= 15 is 4.39 Å². The molecule has 6 atom stereocenters. The molecular formula is C41H70ClFN5O10P. The fourth-order valence-corrected chi connectivity index (χ4v) is 7.97. The third-order valence-corrected chi connectivity index (χ3v) is 11.6. The van der Waals surface area contributed by atoms with Crippen LogP contribution < -0.4 is 5.73 Å². The molecule has 15 nitrogen and oxygen atoms in total. The Labute approximate surface area is 354 Å².